The van der Waals surface area contributed by atoms with Crippen LogP contribution in [-0.4, -0.2) is 88.9 Å². The van der Waals surface area contributed by atoms with Crippen molar-refractivity contribution >= 4 is 5.96 Å². The highest BCUT2D eigenvalue weighted by Crippen LogP contribution is 1.99. The molecule has 0 radical (unpaired) electrons. The van der Waals surface area contributed by atoms with Gasteiger partial charge in [-0.15, -0.1) is 0 Å². The van der Waals surface area contributed by atoms with Crippen molar-refractivity contribution in [2.45, 2.75) is 19.8 Å². The predicted molar refractivity (Wildman–Crippen MR) is 89.0 cm³/mol. The van der Waals surface area contributed by atoms with Gasteiger partial charge in [-0.2, -0.15) is 0 Å². The number of aliphatic imine (C=N–C) groups is 1. The molecular weight excluding hydrogens is 266 g/mol. The Labute approximate surface area is 129 Å². The molecule has 1 aliphatic rings. The van der Waals surface area contributed by atoms with E-state index in [-0.39, 0.29) is 0 Å². The summed E-state index contributed by atoms with van der Waals surface area (Å²) < 4.78 is 5.32. The van der Waals surface area contributed by atoms with Crippen LogP contribution >= 0.6 is 0 Å². The fraction of sp³-hybridized carbons (Fsp3) is 0.933. The van der Waals surface area contributed by atoms with Crippen molar-refractivity contribution in [3.8, 4) is 0 Å². The number of hydrogen-bond donors (Lipinski definition) is 2. The Hall–Kier alpha value is -0.850. The van der Waals surface area contributed by atoms with Crippen LogP contribution in [0.15, 0.2) is 4.99 Å². The lowest BCUT2D eigenvalue weighted by atomic mass is 10.4. The summed E-state index contributed by atoms with van der Waals surface area (Å²) in [6, 6.07) is 0. The molecule has 0 spiro atoms. The van der Waals surface area contributed by atoms with E-state index in [9.17, 15) is 0 Å². The number of ether oxygens (including phenoxy) is 1. The third-order valence-corrected chi connectivity index (χ3v) is 3.72. The van der Waals surface area contributed by atoms with E-state index in [2.05, 4.69) is 32.5 Å². The van der Waals surface area contributed by atoms with Crippen molar-refractivity contribution in [2.24, 2.45) is 4.99 Å². The molecular formula is C15H33N5O. The Morgan fingerprint density at radius 1 is 1.14 bits per heavy atom. The van der Waals surface area contributed by atoms with E-state index in [4.69, 9.17) is 4.74 Å². The first-order valence-electron chi connectivity index (χ1n) is 8.19. The third kappa shape index (κ3) is 8.90. The zero-order valence-corrected chi connectivity index (χ0v) is 14.0. The highest BCUT2D eigenvalue weighted by molar-refractivity contribution is 5.79. The molecule has 0 amide bonds. The van der Waals surface area contributed by atoms with Crippen LogP contribution in [0.4, 0.5) is 0 Å². The molecule has 0 saturated carbocycles. The minimum atomic E-state index is 0.790. The highest BCUT2D eigenvalue weighted by Gasteiger charge is 2.11. The minimum Gasteiger partial charge on any atom is -0.382 e. The smallest absolute Gasteiger partial charge is 0.191 e. The zero-order valence-electron chi connectivity index (χ0n) is 14.0. The molecule has 0 aromatic rings. The fourth-order valence-electron chi connectivity index (χ4n) is 2.40. The fourth-order valence-corrected chi connectivity index (χ4v) is 2.40. The molecule has 0 aromatic carbocycles. The van der Waals surface area contributed by atoms with Gasteiger partial charge in [0, 0.05) is 53.0 Å². The van der Waals surface area contributed by atoms with Gasteiger partial charge in [-0.1, -0.05) is 0 Å². The standard InChI is InChI=1S/C15H33N5O/c1-4-21-14-5-7-17-15(16-2)18-8-11-20-10-6-9-19(3)12-13-20/h4-14H2,1-3H3,(H2,16,17,18). The van der Waals surface area contributed by atoms with Crippen molar-refractivity contribution in [1.82, 2.24) is 20.4 Å². The second kappa shape index (κ2) is 11.8. The van der Waals surface area contributed by atoms with Gasteiger partial charge < -0.3 is 25.2 Å². The predicted octanol–water partition coefficient (Wildman–Crippen LogP) is 0.216. The maximum absolute atomic E-state index is 5.32. The Kier molecular flexibility index (Phi) is 10.2. The molecule has 0 bridgehead atoms. The van der Waals surface area contributed by atoms with E-state index in [1.54, 1.807) is 0 Å². The molecule has 1 heterocycles. The Balaban J connectivity index is 2.08. The summed E-state index contributed by atoms with van der Waals surface area (Å²) in [5.74, 6) is 0.887. The zero-order chi connectivity index (χ0) is 15.3. The molecule has 6 nitrogen and oxygen atoms in total. The van der Waals surface area contributed by atoms with Gasteiger partial charge in [0.2, 0.25) is 0 Å². The Bertz CT molecular complexity index is 285. The van der Waals surface area contributed by atoms with E-state index < -0.39 is 0 Å². The van der Waals surface area contributed by atoms with E-state index in [1.807, 2.05) is 14.0 Å². The van der Waals surface area contributed by atoms with E-state index >= 15 is 0 Å². The maximum atomic E-state index is 5.32. The molecule has 0 aliphatic carbocycles. The number of nitrogens with one attached hydrogen (secondary N) is 2. The summed E-state index contributed by atoms with van der Waals surface area (Å²) in [7, 11) is 4.02. The van der Waals surface area contributed by atoms with E-state index in [0.717, 1.165) is 45.2 Å². The van der Waals surface area contributed by atoms with Gasteiger partial charge in [-0.25, -0.2) is 0 Å². The number of rotatable bonds is 8. The molecule has 1 rings (SSSR count). The molecule has 6 heteroatoms. The molecule has 0 atom stereocenters. The van der Waals surface area contributed by atoms with Gasteiger partial charge in [0.05, 0.1) is 0 Å². The molecule has 2 N–H and O–H groups in total. The van der Waals surface area contributed by atoms with Crippen LogP contribution in [0.5, 0.6) is 0 Å². The SMILES string of the molecule is CCOCCCNC(=NC)NCCN1CCCN(C)CC1. The molecule has 0 unspecified atom stereocenters. The topological polar surface area (TPSA) is 52.1 Å². The number of nitrogens with zero attached hydrogens (tertiary/aromatic N) is 3. The van der Waals surface area contributed by atoms with Gasteiger partial charge in [0.25, 0.3) is 0 Å². The summed E-state index contributed by atoms with van der Waals surface area (Å²) >= 11 is 0. The van der Waals surface area contributed by atoms with Crippen LogP contribution in [0.25, 0.3) is 0 Å². The summed E-state index contributed by atoms with van der Waals surface area (Å²) in [5.41, 5.74) is 0. The highest BCUT2D eigenvalue weighted by atomic mass is 16.5. The van der Waals surface area contributed by atoms with Crippen molar-refractivity contribution in [2.75, 3.05) is 73.1 Å². The van der Waals surface area contributed by atoms with Crippen molar-refractivity contribution < 1.29 is 4.74 Å². The first kappa shape index (κ1) is 18.2. The summed E-state index contributed by atoms with van der Waals surface area (Å²) in [6.07, 6.45) is 2.27. The molecule has 124 valence electrons. The lowest BCUT2D eigenvalue weighted by molar-refractivity contribution is 0.145. The third-order valence-electron chi connectivity index (χ3n) is 3.72. The largest absolute Gasteiger partial charge is 0.382 e. The molecule has 1 fully saturated rings. The quantitative estimate of drug-likeness (QED) is 0.381. The van der Waals surface area contributed by atoms with Gasteiger partial charge in [0.1, 0.15) is 0 Å². The van der Waals surface area contributed by atoms with E-state index in [0.29, 0.717) is 0 Å². The van der Waals surface area contributed by atoms with Crippen LogP contribution < -0.4 is 10.6 Å². The average Bonchev–Trinajstić information content (AvgIpc) is 2.70. The summed E-state index contributed by atoms with van der Waals surface area (Å²) in [6.45, 7) is 11.3. The van der Waals surface area contributed by atoms with Gasteiger partial charge >= 0.3 is 0 Å². The second-order valence-corrected chi connectivity index (χ2v) is 5.47. The maximum Gasteiger partial charge on any atom is 0.191 e. The lowest BCUT2D eigenvalue weighted by Crippen LogP contribution is -2.42. The van der Waals surface area contributed by atoms with Crippen LogP contribution in [-0.2, 0) is 4.74 Å². The Morgan fingerprint density at radius 2 is 1.95 bits per heavy atom. The Morgan fingerprint density at radius 3 is 2.71 bits per heavy atom. The van der Waals surface area contributed by atoms with Crippen molar-refractivity contribution in [3.63, 3.8) is 0 Å². The van der Waals surface area contributed by atoms with E-state index in [1.165, 1.54) is 32.6 Å². The summed E-state index contributed by atoms with van der Waals surface area (Å²) in [5, 5.41) is 6.70. The molecule has 0 aromatic heterocycles. The number of guanidine groups is 1. The van der Waals surface area contributed by atoms with Crippen LogP contribution in [0.1, 0.15) is 19.8 Å². The first-order valence-corrected chi connectivity index (χ1v) is 8.19. The van der Waals surface area contributed by atoms with Gasteiger partial charge in [0.15, 0.2) is 5.96 Å². The van der Waals surface area contributed by atoms with Crippen LogP contribution in [0, 0.1) is 0 Å². The average molecular weight is 299 g/mol. The number of likely N-dealkylation sites (N-methyl/N-ethyl adjacent to an activating group) is 1. The molecule has 1 aliphatic heterocycles. The molecule has 21 heavy (non-hydrogen) atoms. The van der Waals surface area contributed by atoms with Gasteiger partial charge in [-0.05, 0) is 39.9 Å². The lowest BCUT2D eigenvalue weighted by Gasteiger charge is -2.21. The van der Waals surface area contributed by atoms with Crippen molar-refractivity contribution in [1.29, 1.82) is 0 Å². The van der Waals surface area contributed by atoms with Crippen LogP contribution in [0.2, 0.25) is 0 Å². The monoisotopic (exact) mass is 299 g/mol. The normalized spacial score (nSPS) is 18.5. The molecule has 1 saturated heterocycles. The van der Waals surface area contributed by atoms with Crippen LogP contribution in [0.3, 0.4) is 0 Å². The van der Waals surface area contributed by atoms with Gasteiger partial charge in [-0.3, -0.25) is 4.99 Å². The minimum absolute atomic E-state index is 0.790. The second-order valence-electron chi connectivity index (χ2n) is 5.47. The summed E-state index contributed by atoms with van der Waals surface area (Å²) in [4.78, 5) is 9.18. The van der Waals surface area contributed by atoms with Crippen molar-refractivity contribution in [3.05, 3.63) is 0 Å². The number of hydrogen-bond acceptors (Lipinski definition) is 4. The first-order chi connectivity index (χ1) is 10.3.